The third-order valence-electron chi connectivity index (χ3n) is 2.60. The molecule has 7 heteroatoms. The molecule has 0 spiro atoms. The minimum atomic E-state index is -5.20. The number of esters is 2. The van der Waals surface area contributed by atoms with Gasteiger partial charge in [0.15, 0.2) is 0 Å². The smallest absolute Gasteiger partial charge is 0.383 e. The number of anilines is 2. The summed E-state index contributed by atoms with van der Waals surface area (Å²) in [6.45, 7) is 0. The summed E-state index contributed by atoms with van der Waals surface area (Å²) >= 11 is 0. The molecule has 0 aromatic heterocycles. The number of para-hydroxylation sites is 1. The molecule has 114 valence electrons. The summed E-state index contributed by atoms with van der Waals surface area (Å²) in [6.07, 6.45) is -5.20. The predicted octanol–water partition coefficient (Wildman–Crippen LogP) is 3.68. The quantitative estimate of drug-likeness (QED) is 0.694. The van der Waals surface area contributed by atoms with Crippen molar-refractivity contribution in [1.82, 2.24) is 0 Å². The summed E-state index contributed by atoms with van der Waals surface area (Å²) in [5.41, 5.74) is 1.28. The molecule has 4 nitrogen and oxygen atoms in total. The Balaban J connectivity index is 2.03. The first-order valence-electron chi connectivity index (χ1n) is 6.12. The number of carbonyl (C=O) groups excluding carboxylic acids is 2. The molecule has 0 aliphatic heterocycles. The molecule has 0 aliphatic carbocycles. The van der Waals surface area contributed by atoms with Gasteiger partial charge in [0.1, 0.15) is 0 Å². The molecule has 0 radical (unpaired) electrons. The number of carbonyl (C=O) groups is 2. The van der Waals surface area contributed by atoms with Crippen LogP contribution in [0.3, 0.4) is 0 Å². The lowest BCUT2D eigenvalue weighted by Gasteiger charge is -2.08. The molecular formula is C15H10F3NO3. The van der Waals surface area contributed by atoms with Crippen molar-refractivity contribution in [2.45, 2.75) is 6.18 Å². The van der Waals surface area contributed by atoms with E-state index in [1.165, 1.54) is 24.3 Å². The molecule has 0 heterocycles. The predicted molar refractivity (Wildman–Crippen MR) is 72.6 cm³/mol. The standard InChI is InChI=1S/C15H10F3NO3/c16-15(17,18)14(21)22-13(20)10-6-8-12(9-7-10)19-11-4-2-1-3-5-11/h1-9,19H. The van der Waals surface area contributed by atoms with Crippen LogP contribution in [0.1, 0.15) is 10.4 Å². The van der Waals surface area contributed by atoms with Crippen molar-refractivity contribution in [3.8, 4) is 0 Å². The van der Waals surface area contributed by atoms with Gasteiger partial charge in [-0.25, -0.2) is 9.59 Å². The molecule has 0 unspecified atom stereocenters. The SMILES string of the molecule is O=C(OC(=O)C(F)(F)F)c1ccc(Nc2ccccc2)cc1. The number of halogens is 3. The van der Waals surface area contributed by atoms with E-state index in [0.29, 0.717) is 5.69 Å². The van der Waals surface area contributed by atoms with Crippen LogP contribution in [0, 0.1) is 0 Å². The molecule has 0 saturated carbocycles. The van der Waals surface area contributed by atoms with Gasteiger partial charge in [0.05, 0.1) is 5.56 Å². The maximum Gasteiger partial charge on any atom is 0.491 e. The molecule has 0 aliphatic rings. The first kappa shape index (κ1) is 15.6. The Morgan fingerprint density at radius 2 is 1.41 bits per heavy atom. The van der Waals surface area contributed by atoms with E-state index in [1.54, 1.807) is 0 Å². The third kappa shape index (κ3) is 4.08. The highest BCUT2D eigenvalue weighted by Gasteiger charge is 2.42. The van der Waals surface area contributed by atoms with E-state index in [1.807, 2.05) is 30.3 Å². The number of benzene rings is 2. The van der Waals surface area contributed by atoms with Crippen LogP contribution in [0.15, 0.2) is 54.6 Å². The number of hydrogen-bond donors (Lipinski definition) is 1. The topological polar surface area (TPSA) is 55.4 Å². The summed E-state index contributed by atoms with van der Waals surface area (Å²) < 4.78 is 39.7. The lowest BCUT2D eigenvalue weighted by molar-refractivity contribution is -0.193. The van der Waals surface area contributed by atoms with Gasteiger partial charge in [-0.1, -0.05) is 18.2 Å². The molecule has 0 amide bonds. The molecule has 22 heavy (non-hydrogen) atoms. The van der Waals surface area contributed by atoms with Crippen LogP contribution in [0.25, 0.3) is 0 Å². The van der Waals surface area contributed by atoms with Crippen molar-refractivity contribution in [2.75, 3.05) is 5.32 Å². The van der Waals surface area contributed by atoms with Gasteiger partial charge in [0, 0.05) is 11.4 Å². The molecule has 0 saturated heterocycles. The number of rotatable bonds is 3. The fraction of sp³-hybridized carbons (Fsp3) is 0.0667. The monoisotopic (exact) mass is 309 g/mol. The fourth-order valence-corrected chi connectivity index (χ4v) is 1.58. The zero-order chi connectivity index (χ0) is 16.2. The minimum Gasteiger partial charge on any atom is -0.383 e. The van der Waals surface area contributed by atoms with E-state index < -0.39 is 18.1 Å². The Morgan fingerprint density at radius 1 is 0.864 bits per heavy atom. The molecule has 0 fully saturated rings. The molecule has 2 aromatic rings. The van der Waals surface area contributed by atoms with Gasteiger partial charge >= 0.3 is 18.1 Å². The van der Waals surface area contributed by atoms with Crippen molar-refractivity contribution in [1.29, 1.82) is 0 Å². The van der Waals surface area contributed by atoms with Crippen LogP contribution in [-0.2, 0) is 9.53 Å². The average Bonchev–Trinajstić information content (AvgIpc) is 2.48. The summed E-state index contributed by atoms with van der Waals surface area (Å²) in [4.78, 5) is 22.0. The Hall–Kier alpha value is -2.83. The number of nitrogens with one attached hydrogen (secondary N) is 1. The molecule has 2 rings (SSSR count). The van der Waals surface area contributed by atoms with Crippen molar-refractivity contribution < 1.29 is 27.5 Å². The van der Waals surface area contributed by atoms with Gasteiger partial charge in [-0.15, -0.1) is 0 Å². The first-order chi connectivity index (χ1) is 10.4. The zero-order valence-electron chi connectivity index (χ0n) is 11.1. The van der Waals surface area contributed by atoms with E-state index in [0.717, 1.165) is 5.69 Å². The van der Waals surface area contributed by atoms with E-state index in [-0.39, 0.29) is 5.56 Å². The average molecular weight is 309 g/mol. The minimum absolute atomic E-state index is 0.156. The summed E-state index contributed by atoms with van der Waals surface area (Å²) in [6, 6.07) is 14.7. The summed E-state index contributed by atoms with van der Waals surface area (Å²) in [5.74, 6) is -3.89. The van der Waals surface area contributed by atoms with Gasteiger partial charge in [0.25, 0.3) is 0 Å². The van der Waals surface area contributed by atoms with E-state index in [2.05, 4.69) is 10.1 Å². The van der Waals surface area contributed by atoms with Gasteiger partial charge in [0.2, 0.25) is 0 Å². The maximum absolute atomic E-state index is 12.0. The van der Waals surface area contributed by atoms with Gasteiger partial charge in [-0.05, 0) is 36.4 Å². The lowest BCUT2D eigenvalue weighted by Crippen LogP contribution is -2.28. The zero-order valence-corrected chi connectivity index (χ0v) is 11.1. The van der Waals surface area contributed by atoms with Crippen LogP contribution in [0.5, 0.6) is 0 Å². The van der Waals surface area contributed by atoms with Gasteiger partial charge in [-0.2, -0.15) is 13.2 Å². The summed E-state index contributed by atoms with van der Waals surface area (Å²) in [7, 11) is 0. The highest BCUT2D eigenvalue weighted by atomic mass is 19.4. The lowest BCUT2D eigenvalue weighted by atomic mass is 10.2. The molecule has 2 aromatic carbocycles. The first-order valence-corrected chi connectivity index (χ1v) is 6.12. The van der Waals surface area contributed by atoms with Crippen molar-refractivity contribution in [3.05, 3.63) is 60.2 Å². The van der Waals surface area contributed by atoms with Crippen LogP contribution < -0.4 is 5.32 Å². The van der Waals surface area contributed by atoms with E-state index >= 15 is 0 Å². The highest BCUT2D eigenvalue weighted by molar-refractivity contribution is 5.98. The van der Waals surface area contributed by atoms with Gasteiger partial charge < -0.3 is 10.1 Å². The normalized spacial score (nSPS) is 10.9. The van der Waals surface area contributed by atoms with Crippen LogP contribution in [0.4, 0.5) is 24.5 Å². The Labute approximate surface area is 123 Å². The number of ether oxygens (including phenoxy) is 1. The van der Waals surface area contributed by atoms with Crippen molar-refractivity contribution >= 4 is 23.3 Å². The highest BCUT2D eigenvalue weighted by Crippen LogP contribution is 2.19. The second kappa shape index (κ2) is 6.30. The molecule has 0 bridgehead atoms. The molecule has 1 N–H and O–H groups in total. The molecular weight excluding hydrogens is 299 g/mol. The van der Waals surface area contributed by atoms with Crippen LogP contribution >= 0.6 is 0 Å². The largest absolute Gasteiger partial charge is 0.491 e. The molecule has 0 atom stereocenters. The van der Waals surface area contributed by atoms with Gasteiger partial charge in [-0.3, -0.25) is 0 Å². The van der Waals surface area contributed by atoms with Crippen molar-refractivity contribution in [3.63, 3.8) is 0 Å². The Bertz CT molecular complexity index is 667. The summed E-state index contributed by atoms with van der Waals surface area (Å²) in [5, 5.41) is 3.04. The third-order valence-corrected chi connectivity index (χ3v) is 2.60. The maximum atomic E-state index is 12.0. The second-order valence-electron chi connectivity index (χ2n) is 4.24. The fourth-order valence-electron chi connectivity index (χ4n) is 1.58. The van der Waals surface area contributed by atoms with E-state index in [9.17, 15) is 22.8 Å². The van der Waals surface area contributed by atoms with E-state index in [4.69, 9.17) is 0 Å². The Morgan fingerprint density at radius 3 is 1.95 bits per heavy atom. The number of hydrogen-bond acceptors (Lipinski definition) is 4. The van der Waals surface area contributed by atoms with Crippen molar-refractivity contribution in [2.24, 2.45) is 0 Å². The Kier molecular flexibility index (Phi) is 4.45. The second-order valence-corrected chi connectivity index (χ2v) is 4.24. The van der Waals surface area contributed by atoms with Crippen LogP contribution in [-0.4, -0.2) is 18.1 Å². The number of alkyl halides is 3. The van der Waals surface area contributed by atoms with Crippen LogP contribution in [0.2, 0.25) is 0 Å².